The molecule has 0 spiro atoms. The Morgan fingerprint density at radius 1 is 1.18 bits per heavy atom. The normalized spacial score (nSPS) is 24.5. The van der Waals surface area contributed by atoms with Gasteiger partial charge in [-0.15, -0.1) is 0 Å². The van der Waals surface area contributed by atoms with Crippen molar-refractivity contribution in [3.63, 3.8) is 0 Å². The van der Waals surface area contributed by atoms with Crippen LogP contribution in [-0.2, 0) is 4.79 Å². The second kappa shape index (κ2) is 5.59. The highest BCUT2D eigenvalue weighted by Gasteiger charge is 2.44. The third-order valence-electron chi connectivity index (χ3n) is 4.82. The van der Waals surface area contributed by atoms with E-state index in [0.29, 0.717) is 6.42 Å². The van der Waals surface area contributed by atoms with E-state index in [0.717, 1.165) is 29.6 Å². The van der Waals surface area contributed by atoms with Gasteiger partial charge in [0, 0.05) is 20.5 Å². The number of benzene rings is 1. The number of nitrogens with zero attached hydrogens (tertiary/aromatic N) is 2. The van der Waals surface area contributed by atoms with Crippen LogP contribution >= 0.6 is 0 Å². The van der Waals surface area contributed by atoms with Crippen LogP contribution in [0.1, 0.15) is 37.8 Å². The van der Waals surface area contributed by atoms with Crippen LogP contribution in [0.5, 0.6) is 0 Å². The minimum atomic E-state index is 0.0241. The van der Waals surface area contributed by atoms with Gasteiger partial charge in [0.05, 0.1) is 12.1 Å². The molecule has 4 nitrogen and oxygen atoms in total. The van der Waals surface area contributed by atoms with Crippen LogP contribution in [0.25, 0.3) is 0 Å². The second-order valence-electron chi connectivity index (χ2n) is 6.34. The Labute approximate surface area is 131 Å². The summed E-state index contributed by atoms with van der Waals surface area (Å²) in [6, 6.07) is 10.2. The van der Waals surface area contributed by atoms with E-state index in [9.17, 15) is 9.59 Å². The maximum Gasteiger partial charge on any atom is 0.320 e. The van der Waals surface area contributed by atoms with Crippen molar-refractivity contribution in [1.29, 1.82) is 0 Å². The highest BCUT2D eigenvalue weighted by Crippen LogP contribution is 2.45. The van der Waals surface area contributed by atoms with Crippen LogP contribution in [-0.4, -0.2) is 41.8 Å². The van der Waals surface area contributed by atoms with E-state index in [1.54, 1.807) is 19.0 Å². The molecule has 0 N–H and O–H groups in total. The van der Waals surface area contributed by atoms with Crippen LogP contribution in [0.15, 0.2) is 41.5 Å². The Hall–Kier alpha value is -2.10. The molecule has 3 rings (SSSR count). The number of hydrogen-bond donors (Lipinski definition) is 0. The first-order valence-electron chi connectivity index (χ1n) is 7.78. The quantitative estimate of drug-likeness (QED) is 0.799. The Kier molecular flexibility index (Phi) is 3.77. The van der Waals surface area contributed by atoms with Gasteiger partial charge in [0.15, 0.2) is 5.78 Å². The zero-order valence-corrected chi connectivity index (χ0v) is 13.4. The van der Waals surface area contributed by atoms with E-state index in [-0.39, 0.29) is 23.9 Å². The first-order chi connectivity index (χ1) is 10.5. The van der Waals surface area contributed by atoms with Crippen molar-refractivity contribution in [2.45, 2.75) is 38.3 Å². The zero-order chi connectivity index (χ0) is 15.9. The molecule has 1 aromatic carbocycles. The lowest BCUT2D eigenvalue weighted by molar-refractivity contribution is -0.116. The molecule has 4 heteroatoms. The van der Waals surface area contributed by atoms with Gasteiger partial charge in [-0.05, 0) is 36.5 Å². The third kappa shape index (κ3) is 2.32. The topological polar surface area (TPSA) is 40.6 Å². The lowest BCUT2D eigenvalue weighted by Gasteiger charge is -2.34. The summed E-state index contributed by atoms with van der Waals surface area (Å²) >= 11 is 0. The van der Waals surface area contributed by atoms with Crippen molar-refractivity contribution in [3.05, 3.63) is 47.0 Å². The van der Waals surface area contributed by atoms with E-state index in [1.807, 2.05) is 30.0 Å². The van der Waals surface area contributed by atoms with Crippen LogP contribution in [0.4, 0.5) is 4.79 Å². The fourth-order valence-corrected chi connectivity index (χ4v) is 3.63. The Bertz CT molecular complexity index is 634. The zero-order valence-electron chi connectivity index (χ0n) is 13.4. The molecule has 0 radical (unpaired) electrons. The minimum Gasteiger partial charge on any atom is -0.331 e. The summed E-state index contributed by atoms with van der Waals surface area (Å²) in [6.07, 6.45) is 2.05. The average Bonchev–Trinajstić information content (AvgIpc) is 2.91. The first kappa shape index (κ1) is 14.8. The van der Waals surface area contributed by atoms with Gasteiger partial charge >= 0.3 is 6.03 Å². The lowest BCUT2D eigenvalue weighted by atomic mass is 9.87. The van der Waals surface area contributed by atoms with Crippen molar-refractivity contribution < 1.29 is 9.59 Å². The maximum atomic E-state index is 12.7. The van der Waals surface area contributed by atoms with Crippen molar-refractivity contribution in [2.24, 2.45) is 0 Å². The van der Waals surface area contributed by atoms with Gasteiger partial charge in [-0.3, -0.25) is 4.79 Å². The maximum absolute atomic E-state index is 12.7. The fraction of sp³-hybridized carbons (Fsp3) is 0.444. The van der Waals surface area contributed by atoms with Gasteiger partial charge in [0.1, 0.15) is 0 Å². The molecule has 1 aliphatic heterocycles. The molecule has 2 aliphatic rings. The molecule has 1 fully saturated rings. The summed E-state index contributed by atoms with van der Waals surface area (Å²) in [4.78, 5) is 28.3. The molecule has 1 saturated heterocycles. The van der Waals surface area contributed by atoms with Crippen LogP contribution in [0, 0.1) is 0 Å². The molecule has 2 amide bonds. The number of Topliss-reactive ketones (excluding diaryl/α,β-unsaturated/α-hetero) is 1. The summed E-state index contributed by atoms with van der Waals surface area (Å²) in [6.45, 7) is 1.91. The van der Waals surface area contributed by atoms with Gasteiger partial charge < -0.3 is 9.80 Å². The molecule has 0 unspecified atom stereocenters. The minimum absolute atomic E-state index is 0.0241. The summed E-state index contributed by atoms with van der Waals surface area (Å²) in [7, 11) is 3.57. The van der Waals surface area contributed by atoms with Crippen molar-refractivity contribution >= 4 is 11.8 Å². The van der Waals surface area contributed by atoms with Gasteiger partial charge in [-0.2, -0.15) is 0 Å². The lowest BCUT2D eigenvalue weighted by Crippen LogP contribution is -2.44. The molecule has 2 atom stereocenters. The number of urea groups is 1. The number of hydrogen-bond acceptors (Lipinski definition) is 2. The summed E-state index contributed by atoms with van der Waals surface area (Å²) < 4.78 is 0. The number of carbonyl (C=O) groups excluding carboxylic acids is 2. The van der Waals surface area contributed by atoms with E-state index in [4.69, 9.17) is 0 Å². The number of allylic oxidation sites excluding steroid dienone is 1. The molecule has 116 valence electrons. The number of rotatable bonds is 1. The van der Waals surface area contributed by atoms with E-state index in [2.05, 4.69) is 12.1 Å². The predicted octanol–water partition coefficient (Wildman–Crippen LogP) is 3.16. The predicted molar refractivity (Wildman–Crippen MR) is 85.5 cm³/mol. The molecule has 1 heterocycles. The first-order valence-corrected chi connectivity index (χ1v) is 7.78. The van der Waals surface area contributed by atoms with Crippen LogP contribution < -0.4 is 0 Å². The molecule has 1 aromatic rings. The SMILES string of the molecule is CC1=C2C[C@H](c3ccccc3)N(C(=O)N(C)C)[C@H]2CCC1=O. The Balaban J connectivity index is 2.05. The number of likely N-dealkylation sites (tertiary alicyclic amines) is 1. The average molecular weight is 298 g/mol. The number of ketones is 1. The summed E-state index contributed by atoms with van der Waals surface area (Å²) in [5.74, 6) is 0.234. The molecule has 0 aromatic heterocycles. The van der Waals surface area contributed by atoms with Crippen molar-refractivity contribution in [2.75, 3.05) is 14.1 Å². The van der Waals surface area contributed by atoms with Crippen LogP contribution in [0.3, 0.4) is 0 Å². The Morgan fingerprint density at radius 3 is 2.50 bits per heavy atom. The van der Waals surface area contributed by atoms with E-state index in [1.165, 1.54) is 0 Å². The molecular weight excluding hydrogens is 276 g/mol. The van der Waals surface area contributed by atoms with E-state index >= 15 is 0 Å². The molecule has 0 saturated carbocycles. The van der Waals surface area contributed by atoms with Crippen LogP contribution in [0.2, 0.25) is 0 Å². The smallest absolute Gasteiger partial charge is 0.320 e. The standard InChI is InChI=1S/C18H22N2O2/c1-12-14-11-16(13-7-5-4-6-8-13)20(18(22)19(2)3)15(14)9-10-17(12)21/h4-8,15-16H,9-11H2,1-3H3/t15-,16+/m0/s1. The number of fused-ring (bicyclic) bond motifs is 1. The molecular formula is C18H22N2O2. The monoisotopic (exact) mass is 298 g/mol. The molecule has 1 aliphatic carbocycles. The third-order valence-corrected chi connectivity index (χ3v) is 4.82. The molecule has 22 heavy (non-hydrogen) atoms. The summed E-state index contributed by atoms with van der Waals surface area (Å²) in [5, 5.41) is 0. The second-order valence-corrected chi connectivity index (χ2v) is 6.34. The summed E-state index contributed by atoms with van der Waals surface area (Å²) in [5.41, 5.74) is 3.16. The highest BCUT2D eigenvalue weighted by atomic mass is 16.2. The Morgan fingerprint density at radius 2 is 1.86 bits per heavy atom. The number of amides is 2. The van der Waals surface area contributed by atoms with Crippen molar-refractivity contribution in [1.82, 2.24) is 9.80 Å². The van der Waals surface area contributed by atoms with Gasteiger partial charge in [0.2, 0.25) is 0 Å². The van der Waals surface area contributed by atoms with Crippen molar-refractivity contribution in [3.8, 4) is 0 Å². The largest absolute Gasteiger partial charge is 0.331 e. The van der Waals surface area contributed by atoms with Gasteiger partial charge in [-0.1, -0.05) is 30.3 Å². The fourth-order valence-electron chi connectivity index (χ4n) is 3.63. The van der Waals surface area contributed by atoms with Gasteiger partial charge in [0.25, 0.3) is 0 Å². The van der Waals surface area contributed by atoms with Gasteiger partial charge in [-0.25, -0.2) is 4.79 Å². The number of carbonyl (C=O) groups is 2. The highest BCUT2D eigenvalue weighted by molar-refractivity contribution is 5.97. The molecule has 0 bridgehead atoms. The van der Waals surface area contributed by atoms with E-state index < -0.39 is 0 Å².